The number of fused-ring (bicyclic) bond motifs is 2. The maximum atomic E-state index is 6.50. The molecule has 5 nitrogen and oxygen atoms in total. The molecule has 1 unspecified atom stereocenters. The number of aryl methyl sites for hydroxylation is 1. The first-order chi connectivity index (χ1) is 15.6. The van der Waals surface area contributed by atoms with Gasteiger partial charge >= 0.3 is 0 Å². The summed E-state index contributed by atoms with van der Waals surface area (Å²) in [4.78, 5) is 5.60. The van der Waals surface area contributed by atoms with Gasteiger partial charge in [0.25, 0.3) is 0 Å². The Morgan fingerprint density at radius 2 is 2.12 bits per heavy atom. The van der Waals surface area contributed by atoms with Gasteiger partial charge in [0.1, 0.15) is 0 Å². The van der Waals surface area contributed by atoms with Crippen molar-refractivity contribution >= 4 is 11.3 Å². The summed E-state index contributed by atoms with van der Waals surface area (Å²) in [6.45, 7) is 10.4. The van der Waals surface area contributed by atoms with Gasteiger partial charge in [0.15, 0.2) is 0 Å². The Kier molecular flexibility index (Phi) is 6.19. The lowest BCUT2D eigenvalue weighted by atomic mass is 9.79. The summed E-state index contributed by atoms with van der Waals surface area (Å²) < 4.78 is 8.49. The number of rotatable bonds is 6. The van der Waals surface area contributed by atoms with Crippen LogP contribution in [0.15, 0.2) is 42.6 Å². The lowest BCUT2D eigenvalue weighted by molar-refractivity contribution is -0.112. The van der Waals surface area contributed by atoms with E-state index in [1.807, 2.05) is 16.0 Å². The minimum Gasteiger partial charge on any atom is -0.370 e. The summed E-state index contributed by atoms with van der Waals surface area (Å²) in [6.07, 6.45) is 6.43. The Labute approximate surface area is 195 Å². The highest BCUT2D eigenvalue weighted by molar-refractivity contribution is 7.12. The van der Waals surface area contributed by atoms with Crippen molar-refractivity contribution < 1.29 is 4.74 Å². The number of ether oxygens (including phenoxy) is 1. The first-order valence-corrected chi connectivity index (χ1v) is 12.8. The summed E-state index contributed by atoms with van der Waals surface area (Å²) >= 11 is 2.00. The predicted molar refractivity (Wildman–Crippen MR) is 129 cm³/mol. The molecule has 2 aliphatic heterocycles. The number of hydrogen-bond acceptors (Lipinski definition) is 5. The molecule has 2 aliphatic rings. The van der Waals surface area contributed by atoms with E-state index in [1.54, 1.807) is 4.88 Å². The third kappa shape index (κ3) is 4.28. The van der Waals surface area contributed by atoms with E-state index < -0.39 is 0 Å². The molecule has 0 amide bonds. The SMILES string of the molecule is CCc1cc2c(s1)CCO[C@@]21CCN(Cc2cn(CC(C)c3ccccc3)nn2)[C@@H](C)C1. The third-order valence-electron chi connectivity index (χ3n) is 7.24. The smallest absolute Gasteiger partial charge is 0.0969 e. The third-order valence-corrected chi connectivity index (χ3v) is 8.58. The van der Waals surface area contributed by atoms with Gasteiger partial charge in [-0.05, 0) is 43.4 Å². The molecule has 1 spiro atoms. The van der Waals surface area contributed by atoms with Crippen molar-refractivity contribution in [2.75, 3.05) is 13.2 Å². The molecule has 1 aromatic carbocycles. The first kappa shape index (κ1) is 21.8. The number of piperidine rings is 1. The normalized spacial score (nSPS) is 24.5. The molecule has 2 aromatic heterocycles. The van der Waals surface area contributed by atoms with Gasteiger partial charge in [-0.3, -0.25) is 9.58 Å². The Morgan fingerprint density at radius 1 is 1.28 bits per heavy atom. The van der Waals surface area contributed by atoms with Gasteiger partial charge < -0.3 is 4.74 Å². The van der Waals surface area contributed by atoms with E-state index in [2.05, 4.69) is 78.6 Å². The van der Waals surface area contributed by atoms with Crippen molar-refractivity contribution in [2.24, 2.45) is 0 Å². The zero-order chi connectivity index (χ0) is 22.1. The second-order valence-electron chi connectivity index (χ2n) is 9.51. The molecule has 170 valence electrons. The standard InChI is InChI=1S/C26H34N4OS/c1-4-23-14-24-25(32-23)10-13-31-26(24)11-12-29(20(3)15-26)17-22-18-30(28-27-22)16-19(2)21-8-6-5-7-9-21/h5-9,14,18-20H,4,10-13,15-17H2,1-3H3/t19?,20-,26+/m0/s1. The minimum absolute atomic E-state index is 0.0872. The summed E-state index contributed by atoms with van der Waals surface area (Å²) in [5.74, 6) is 0.413. The van der Waals surface area contributed by atoms with Crippen LogP contribution in [0.2, 0.25) is 0 Å². The van der Waals surface area contributed by atoms with Gasteiger partial charge in [0.05, 0.1) is 17.9 Å². The number of benzene rings is 1. The fraction of sp³-hybridized carbons (Fsp3) is 0.538. The second-order valence-corrected chi connectivity index (χ2v) is 10.7. The number of thiophene rings is 1. The highest BCUT2D eigenvalue weighted by Gasteiger charge is 2.44. The van der Waals surface area contributed by atoms with Crippen LogP contribution in [-0.2, 0) is 36.3 Å². The Bertz CT molecular complexity index is 1050. The van der Waals surface area contributed by atoms with Crippen molar-refractivity contribution in [3.05, 3.63) is 69.2 Å². The monoisotopic (exact) mass is 450 g/mol. The van der Waals surface area contributed by atoms with Crippen LogP contribution in [0, 0.1) is 0 Å². The molecule has 1 saturated heterocycles. The summed E-state index contributed by atoms with van der Waals surface area (Å²) in [5.41, 5.74) is 3.79. The topological polar surface area (TPSA) is 43.2 Å². The van der Waals surface area contributed by atoms with Crippen LogP contribution in [0.25, 0.3) is 0 Å². The van der Waals surface area contributed by atoms with E-state index in [1.165, 1.54) is 16.0 Å². The van der Waals surface area contributed by atoms with Gasteiger partial charge in [-0.15, -0.1) is 16.4 Å². The van der Waals surface area contributed by atoms with Crippen molar-refractivity contribution in [3.63, 3.8) is 0 Å². The molecular formula is C26H34N4OS. The zero-order valence-corrected chi connectivity index (χ0v) is 20.3. The van der Waals surface area contributed by atoms with Crippen molar-refractivity contribution in [1.82, 2.24) is 19.9 Å². The second kappa shape index (κ2) is 9.08. The van der Waals surface area contributed by atoms with Gasteiger partial charge in [-0.25, -0.2) is 0 Å². The molecular weight excluding hydrogens is 416 g/mol. The maximum absolute atomic E-state index is 6.50. The lowest BCUT2D eigenvalue weighted by Gasteiger charge is -2.47. The molecule has 32 heavy (non-hydrogen) atoms. The van der Waals surface area contributed by atoms with E-state index in [4.69, 9.17) is 4.74 Å². The maximum Gasteiger partial charge on any atom is 0.0969 e. The predicted octanol–water partition coefficient (Wildman–Crippen LogP) is 5.16. The average Bonchev–Trinajstić information content (AvgIpc) is 3.44. The molecule has 0 saturated carbocycles. The van der Waals surface area contributed by atoms with Crippen LogP contribution in [0.5, 0.6) is 0 Å². The zero-order valence-electron chi connectivity index (χ0n) is 19.5. The van der Waals surface area contributed by atoms with Gasteiger partial charge in [0.2, 0.25) is 0 Å². The van der Waals surface area contributed by atoms with Crippen LogP contribution < -0.4 is 0 Å². The number of nitrogens with zero attached hydrogens (tertiary/aromatic N) is 4. The molecule has 0 aliphatic carbocycles. The van der Waals surface area contributed by atoms with E-state index in [0.29, 0.717) is 12.0 Å². The van der Waals surface area contributed by atoms with Crippen LogP contribution in [0.1, 0.15) is 66.1 Å². The number of likely N-dealkylation sites (tertiary alicyclic amines) is 1. The molecule has 1 fully saturated rings. The molecule has 0 bridgehead atoms. The lowest BCUT2D eigenvalue weighted by Crippen LogP contribution is -2.50. The van der Waals surface area contributed by atoms with E-state index in [9.17, 15) is 0 Å². The number of hydrogen-bond donors (Lipinski definition) is 0. The molecule has 6 heteroatoms. The molecule has 3 atom stereocenters. The van der Waals surface area contributed by atoms with Crippen molar-refractivity contribution in [3.8, 4) is 0 Å². The van der Waals surface area contributed by atoms with E-state index >= 15 is 0 Å². The minimum atomic E-state index is -0.0872. The summed E-state index contributed by atoms with van der Waals surface area (Å²) in [6, 6.07) is 13.5. The number of aromatic nitrogens is 3. The summed E-state index contributed by atoms with van der Waals surface area (Å²) in [7, 11) is 0. The fourth-order valence-corrected chi connectivity index (χ4v) is 6.56. The highest BCUT2D eigenvalue weighted by atomic mass is 32.1. The van der Waals surface area contributed by atoms with Gasteiger partial charge in [-0.2, -0.15) is 0 Å². The molecule has 3 aromatic rings. The Balaban J connectivity index is 1.23. The van der Waals surface area contributed by atoms with Gasteiger partial charge in [0, 0.05) is 54.0 Å². The molecule has 0 N–H and O–H groups in total. The van der Waals surface area contributed by atoms with Crippen LogP contribution in [0.3, 0.4) is 0 Å². The first-order valence-electron chi connectivity index (χ1n) is 12.0. The van der Waals surface area contributed by atoms with E-state index in [-0.39, 0.29) is 5.60 Å². The van der Waals surface area contributed by atoms with Crippen molar-refractivity contribution in [1.29, 1.82) is 0 Å². The summed E-state index contributed by atoms with van der Waals surface area (Å²) in [5, 5.41) is 8.90. The largest absolute Gasteiger partial charge is 0.370 e. The molecule has 5 rings (SSSR count). The van der Waals surface area contributed by atoms with Gasteiger partial charge in [-0.1, -0.05) is 49.4 Å². The van der Waals surface area contributed by atoms with E-state index in [0.717, 1.165) is 57.6 Å². The highest BCUT2D eigenvalue weighted by Crippen LogP contribution is 2.46. The Hall–Kier alpha value is -2.02. The van der Waals surface area contributed by atoms with Crippen molar-refractivity contribution in [2.45, 2.75) is 77.1 Å². The average molecular weight is 451 g/mol. The van der Waals surface area contributed by atoms with Crippen LogP contribution in [-0.4, -0.2) is 39.1 Å². The molecule has 0 radical (unpaired) electrons. The molecule has 4 heterocycles. The quantitative estimate of drug-likeness (QED) is 0.520. The Morgan fingerprint density at radius 3 is 2.91 bits per heavy atom. The van der Waals surface area contributed by atoms with Crippen LogP contribution >= 0.6 is 11.3 Å². The van der Waals surface area contributed by atoms with Crippen LogP contribution in [0.4, 0.5) is 0 Å². The fourth-order valence-electron chi connectivity index (χ4n) is 5.39.